The summed E-state index contributed by atoms with van der Waals surface area (Å²) in [5.41, 5.74) is 1.16. The number of aromatic nitrogens is 2. The topological polar surface area (TPSA) is 64.6 Å². The number of piperazine rings is 1. The van der Waals surface area contributed by atoms with E-state index in [2.05, 4.69) is 44.1 Å². The lowest BCUT2D eigenvalue weighted by Crippen LogP contribution is -2.47. The molecule has 0 unspecified atom stereocenters. The zero-order valence-corrected chi connectivity index (χ0v) is 17.3. The Hall–Kier alpha value is -2.67. The summed E-state index contributed by atoms with van der Waals surface area (Å²) in [5, 5.41) is 3.09. The highest BCUT2D eigenvalue weighted by atomic mass is 16.2. The normalized spacial score (nSPS) is 14.6. The highest BCUT2D eigenvalue weighted by molar-refractivity contribution is 5.74. The molecule has 0 saturated carbocycles. The standard InChI is InChI=1S/C22H32N6O/c1-2-13-28(19-20-8-4-3-5-9-20)22(29)25-12-7-14-26-15-17-27(18-16-26)21-23-10-6-11-24-21/h3-6,8-11H,2,7,12-19H2,1H3,(H,25,29). The molecule has 0 spiro atoms. The van der Waals surface area contributed by atoms with Gasteiger partial charge in [-0.3, -0.25) is 4.90 Å². The molecule has 1 aromatic heterocycles. The zero-order chi connectivity index (χ0) is 20.3. The molecule has 1 N–H and O–H groups in total. The fourth-order valence-corrected chi connectivity index (χ4v) is 3.56. The van der Waals surface area contributed by atoms with E-state index >= 15 is 0 Å². The van der Waals surface area contributed by atoms with Crippen LogP contribution in [0.3, 0.4) is 0 Å². The molecule has 1 aliphatic heterocycles. The summed E-state index contributed by atoms with van der Waals surface area (Å²) in [4.78, 5) is 27.8. The number of hydrogen-bond acceptors (Lipinski definition) is 5. The summed E-state index contributed by atoms with van der Waals surface area (Å²) in [7, 11) is 0. The van der Waals surface area contributed by atoms with E-state index in [1.54, 1.807) is 12.4 Å². The van der Waals surface area contributed by atoms with Gasteiger partial charge < -0.3 is 15.1 Å². The Bertz CT molecular complexity index is 719. The average molecular weight is 397 g/mol. The van der Waals surface area contributed by atoms with Crippen molar-refractivity contribution in [3.8, 4) is 0 Å². The predicted molar refractivity (Wildman–Crippen MR) is 116 cm³/mol. The number of rotatable bonds is 9. The Morgan fingerprint density at radius 3 is 2.48 bits per heavy atom. The summed E-state index contributed by atoms with van der Waals surface area (Å²) >= 11 is 0. The molecule has 1 fully saturated rings. The molecule has 29 heavy (non-hydrogen) atoms. The molecule has 3 rings (SSSR count). The lowest BCUT2D eigenvalue weighted by atomic mass is 10.2. The van der Waals surface area contributed by atoms with Crippen LogP contribution in [0.15, 0.2) is 48.8 Å². The van der Waals surface area contributed by atoms with Gasteiger partial charge in [0.15, 0.2) is 0 Å². The van der Waals surface area contributed by atoms with Crippen molar-refractivity contribution in [3.63, 3.8) is 0 Å². The minimum absolute atomic E-state index is 0.0294. The highest BCUT2D eigenvalue weighted by Crippen LogP contribution is 2.10. The first-order valence-electron chi connectivity index (χ1n) is 10.6. The quantitative estimate of drug-likeness (QED) is 0.660. The second-order valence-electron chi connectivity index (χ2n) is 7.37. The van der Waals surface area contributed by atoms with Crippen molar-refractivity contribution in [1.29, 1.82) is 0 Å². The Morgan fingerprint density at radius 1 is 1.07 bits per heavy atom. The molecule has 2 heterocycles. The first-order chi connectivity index (χ1) is 14.3. The zero-order valence-electron chi connectivity index (χ0n) is 17.3. The molecule has 2 amide bonds. The van der Waals surface area contributed by atoms with Gasteiger partial charge in [0.25, 0.3) is 0 Å². The number of nitrogens with one attached hydrogen (secondary N) is 1. The van der Waals surface area contributed by atoms with E-state index in [1.165, 1.54) is 0 Å². The minimum Gasteiger partial charge on any atom is -0.338 e. The SMILES string of the molecule is CCCN(Cc1ccccc1)C(=O)NCCCN1CCN(c2ncccn2)CC1. The van der Waals surface area contributed by atoms with E-state index in [-0.39, 0.29) is 6.03 Å². The molecule has 156 valence electrons. The van der Waals surface area contributed by atoms with Crippen LogP contribution in [0.25, 0.3) is 0 Å². The monoisotopic (exact) mass is 396 g/mol. The highest BCUT2D eigenvalue weighted by Gasteiger charge is 2.18. The molecule has 2 aromatic rings. The fourth-order valence-electron chi connectivity index (χ4n) is 3.56. The van der Waals surface area contributed by atoms with Crippen LogP contribution >= 0.6 is 0 Å². The van der Waals surface area contributed by atoms with Gasteiger partial charge in [0.1, 0.15) is 0 Å². The Labute approximate surface area is 173 Å². The minimum atomic E-state index is 0.0294. The van der Waals surface area contributed by atoms with Crippen LogP contribution in [0.5, 0.6) is 0 Å². The second kappa shape index (κ2) is 11.4. The van der Waals surface area contributed by atoms with E-state index < -0.39 is 0 Å². The summed E-state index contributed by atoms with van der Waals surface area (Å²) < 4.78 is 0. The van der Waals surface area contributed by atoms with Gasteiger partial charge >= 0.3 is 6.03 Å². The summed E-state index contributed by atoms with van der Waals surface area (Å²) in [6.07, 6.45) is 5.49. The number of benzene rings is 1. The van der Waals surface area contributed by atoms with Gasteiger partial charge in [-0.05, 0) is 31.0 Å². The summed E-state index contributed by atoms with van der Waals surface area (Å²) in [6, 6.07) is 12.0. The van der Waals surface area contributed by atoms with Gasteiger partial charge in [-0.2, -0.15) is 0 Å². The second-order valence-corrected chi connectivity index (χ2v) is 7.37. The Balaban J connectivity index is 1.34. The van der Waals surface area contributed by atoms with Crippen LogP contribution in [0.2, 0.25) is 0 Å². The van der Waals surface area contributed by atoms with Crippen molar-refractivity contribution in [2.75, 3.05) is 50.7 Å². The molecule has 7 nitrogen and oxygen atoms in total. The van der Waals surface area contributed by atoms with Gasteiger partial charge in [0.2, 0.25) is 5.95 Å². The first-order valence-corrected chi connectivity index (χ1v) is 10.6. The lowest BCUT2D eigenvalue weighted by molar-refractivity contribution is 0.193. The molecule has 1 saturated heterocycles. The molecule has 1 aromatic carbocycles. The molecule has 0 atom stereocenters. The van der Waals surface area contributed by atoms with Crippen LogP contribution in [-0.4, -0.2) is 71.6 Å². The summed E-state index contributed by atoms with van der Waals surface area (Å²) in [5.74, 6) is 0.814. The molecule has 7 heteroatoms. The van der Waals surface area contributed by atoms with Crippen molar-refractivity contribution in [2.45, 2.75) is 26.3 Å². The third-order valence-corrected chi connectivity index (χ3v) is 5.13. The first kappa shape index (κ1) is 21.0. The van der Waals surface area contributed by atoms with Crippen molar-refractivity contribution in [3.05, 3.63) is 54.4 Å². The van der Waals surface area contributed by atoms with E-state index in [0.29, 0.717) is 13.1 Å². The fraction of sp³-hybridized carbons (Fsp3) is 0.500. The average Bonchev–Trinajstić information content (AvgIpc) is 2.78. The maximum atomic E-state index is 12.6. The van der Waals surface area contributed by atoms with Gasteiger partial charge in [-0.1, -0.05) is 37.3 Å². The Morgan fingerprint density at radius 2 is 1.79 bits per heavy atom. The van der Waals surface area contributed by atoms with Crippen molar-refractivity contribution < 1.29 is 4.79 Å². The van der Waals surface area contributed by atoms with Crippen LogP contribution in [0.4, 0.5) is 10.7 Å². The van der Waals surface area contributed by atoms with E-state index in [1.807, 2.05) is 29.2 Å². The van der Waals surface area contributed by atoms with Gasteiger partial charge in [0.05, 0.1) is 0 Å². The molecule has 1 aliphatic rings. The third kappa shape index (κ3) is 6.71. The maximum Gasteiger partial charge on any atom is 0.317 e. The number of carbonyl (C=O) groups is 1. The lowest BCUT2D eigenvalue weighted by Gasteiger charge is -2.34. The van der Waals surface area contributed by atoms with E-state index in [0.717, 1.165) is 63.6 Å². The molecule has 0 radical (unpaired) electrons. The van der Waals surface area contributed by atoms with Crippen molar-refractivity contribution in [2.24, 2.45) is 0 Å². The molecular weight excluding hydrogens is 364 g/mol. The van der Waals surface area contributed by atoms with Crippen molar-refractivity contribution >= 4 is 12.0 Å². The maximum absolute atomic E-state index is 12.6. The molecule has 0 aliphatic carbocycles. The van der Waals surface area contributed by atoms with Gasteiger partial charge in [0, 0.05) is 58.2 Å². The van der Waals surface area contributed by atoms with E-state index in [9.17, 15) is 4.79 Å². The number of amides is 2. The van der Waals surface area contributed by atoms with Gasteiger partial charge in [-0.15, -0.1) is 0 Å². The van der Waals surface area contributed by atoms with Gasteiger partial charge in [-0.25, -0.2) is 14.8 Å². The van der Waals surface area contributed by atoms with E-state index in [4.69, 9.17) is 0 Å². The number of anilines is 1. The van der Waals surface area contributed by atoms with Crippen LogP contribution in [-0.2, 0) is 6.54 Å². The van der Waals surface area contributed by atoms with Crippen LogP contribution in [0.1, 0.15) is 25.3 Å². The number of hydrogen-bond donors (Lipinski definition) is 1. The Kier molecular flexibility index (Phi) is 8.25. The number of nitrogens with zero attached hydrogens (tertiary/aromatic N) is 5. The molecule has 0 bridgehead atoms. The van der Waals surface area contributed by atoms with Crippen LogP contribution < -0.4 is 10.2 Å². The predicted octanol–water partition coefficient (Wildman–Crippen LogP) is 2.61. The smallest absolute Gasteiger partial charge is 0.317 e. The van der Waals surface area contributed by atoms with Crippen LogP contribution in [0, 0.1) is 0 Å². The number of urea groups is 1. The van der Waals surface area contributed by atoms with Crippen molar-refractivity contribution in [1.82, 2.24) is 25.1 Å². The number of carbonyl (C=O) groups excluding carboxylic acids is 1. The molecular formula is C22H32N6O. The summed E-state index contributed by atoms with van der Waals surface area (Å²) in [6.45, 7) is 9.12. The third-order valence-electron chi connectivity index (χ3n) is 5.13. The largest absolute Gasteiger partial charge is 0.338 e.